The molecule has 0 aliphatic carbocycles. The number of hydrogen-bond donors (Lipinski definition) is 2. The number of rotatable bonds is 2. The van der Waals surface area contributed by atoms with E-state index < -0.39 is 48.0 Å². The molecule has 0 aromatic heterocycles. The summed E-state index contributed by atoms with van der Waals surface area (Å²) in [5, 5.41) is 8.03. The molecule has 2 saturated heterocycles. The number of amides is 1. The first-order chi connectivity index (χ1) is 11.3. The Bertz CT molecular complexity index is 905. The fourth-order valence-corrected chi connectivity index (χ4v) is 5.45. The standard InChI is InChI=1S/C8H11NO5S.C6H6O3S/c1-8(2)6(7(11)12)9-4(10)3-5(9)15(8,13)14;7-10(8,9)6-4-2-1-3-5-6/h5-6H,3H2,1-2H3,(H,11,12);1-5H,(H,7,8,9)/t5-,6+;/m1./s1. The summed E-state index contributed by atoms with van der Waals surface area (Å²) in [7, 11) is -7.57. The summed E-state index contributed by atoms with van der Waals surface area (Å²) in [5.74, 6) is -1.67. The lowest BCUT2D eigenvalue weighted by Crippen LogP contribution is -2.57. The van der Waals surface area contributed by atoms with Crippen molar-refractivity contribution in [3.8, 4) is 0 Å². The molecule has 3 rings (SSSR count). The Morgan fingerprint density at radius 2 is 1.76 bits per heavy atom. The summed E-state index contributed by atoms with van der Waals surface area (Å²) in [6.45, 7) is 2.71. The van der Waals surface area contributed by atoms with Crippen molar-refractivity contribution in [2.24, 2.45) is 0 Å². The molecule has 138 valence electrons. The van der Waals surface area contributed by atoms with Gasteiger partial charge in [-0.3, -0.25) is 9.35 Å². The van der Waals surface area contributed by atoms with Crippen LogP contribution in [0.2, 0.25) is 0 Å². The highest BCUT2D eigenvalue weighted by Crippen LogP contribution is 2.45. The predicted molar refractivity (Wildman–Crippen MR) is 85.9 cm³/mol. The molecule has 1 aromatic rings. The molecule has 2 atom stereocenters. The van der Waals surface area contributed by atoms with E-state index in [0.717, 1.165) is 4.90 Å². The van der Waals surface area contributed by atoms with Crippen molar-refractivity contribution in [3.63, 3.8) is 0 Å². The van der Waals surface area contributed by atoms with Crippen LogP contribution in [0.5, 0.6) is 0 Å². The molecule has 0 bridgehead atoms. The molecule has 11 heteroatoms. The lowest BCUT2D eigenvalue weighted by Gasteiger charge is -2.35. The molecule has 1 amide bonds. The molecule has 0 saturated carbocycles. The highest BCUT2D eigenvalue weighted by molar-refractivity contribution is 7.93. The van der Waals surface area contributed by atoms with Crippen LogP contribution in [-0.4, -0.2) is 59.4 Å². The fourth-order valence-electron chi connectivity index (χ4n) is 2.82. The lowest BCUT2D eigenvalue weighted by atomic mass is 9.98. The zero-order valence-corrected chi connectivity index (χ0v) is 15.0. The molecule has 2 N–H and O–H groups in total. The van der Waals surface area contributed by atoms with Gasteiger partial charge in [0.2, 0.25) is 5.91 Å². The van der Waals surface area contributed by atoms with E-state index >= 15 is 0 Å². The number of carbonyl (C=O) groups excluding carboxylic acids is 1. The number of β-lactam (4-membered cyclic amide) rings is 1. The highest BCUT2D eigenvalue weighted by atomic mass is 32.2. The van der Waals surface area contributed by atoms with Crippen LogP contribution in [0.1, 0.15) is 20.3 Å². The van der Waals surface area contributed by atoms with Crippen molar-refractivity contribution in [2.75, 3.05) is 0 Å². The average Bonchev–Trinajstić information content (AvgIpc) is 2.62. The molecule has 25 heavy (non-hydrogen) atoms. The molecule has 9 nitrogen and oxygen atoms in total. The third kappa shape index (κ3) is 3.14. The molecule has 0 spiro atoms. The Hall–Kier alpha value is -1.98. The van der Waals surface area contributed by atoms with E-state index in [1.807, 2.05) is 0 Å². The first-order valence-corrected chi connectivity index (χ1v) is 10.1. The van der Waals surface area contributed by atoms with E-state index in [9.17, 15) is 26.4 Å². The average molecular weight is 391 g/mol. The summed E-state index contributed by atoms with van der Waals surface area (Å²) in [5.41, 5.74) is 0. The monoisotopic (exact) mass is 391 g/mol. The smallest absolute Gasteiger partial charge is 0.328 e. The van der Waals surface area contributed by atoms with E-state index in [-0.39, 0.29) is 11.3 Å². The van der Waals surface area contributed by atoms with Crippen molar-refractivity contribution < 1.29 is 36.1 Å². The fraction of sp³-hybridized carbons (Fsp3) is 0.429. The van der Waals surface area contributed by atoms with Crippen molar-refractivity contribution in [3.05, 3.63) is 30.3 Å². The van der Waals surface area contributed by atoms with Crippen LogP contribution >= 0.6 is 0 Å². The molecular weight excluding hydrogens is 374 g/mol. The lowest BCUT2D eigenvalue weighted by molar-refractivity contribution is -0.157. The van der Waals surface area contributed by atoms with E-state index in [1.165, 1.54) is 26.0 Å². The summed E-state index contributed by atoms with van der Waals surface area (Å²) < 4.78 is 51.6. The van der Waals surface area contributed by atoms with Gasteiger partial charge in [0.1, 0.15) is 11.4 Å². The van der Waals surface area contributed by atoms with Crippen LogP contribution in [-0.2, 0) is 29.5 Å². The number of hydrogen-bond acceptors (Lipinski definition) is 6. The maximum absolute atomic E-state index is 11.9. The van der Waals surface area contributed by atoms with Gasteiger partial charge in [0.05, 0.1) is 16.1 Å². The Morgan fingerprint density at radius 1 is 1.24 bits per heavy atom. The minimum atomic E-state index is -4.00. The Balaban J connectivity index is 0.000000196. The van der Waals surface area contributed by atoms with E-state index in [0.29, 0.717) is 0 Å². The highest BCUT2D eigenvalue weighted by Gasteiger charge is 2.67. The SMILES string of the molecule is CC1(C)[C@H](C(=O)O)N2C(=O)C[C@H]2S1(=O)=O.O=S(=O)(O)c1ccccc1. The van der Waals surface area contributed by atoms with Gasteiger partial charge in [0.25, 0.3) is 10.1 Å². The molecule has 2 aliphatic rings. The summed E-state index contributed by atoms with van der Waals surface area (Å²) >= 11 is 0. The quantitative estimate of drug-likeness (QED) is 0.534. The van der Waals surface area contributed by atoms with Gasteiger partial charge in [-0.15, -0.1) is 0 Å². The number of benzene rings is 1. The Kier molecular flexibility index (Phi) is 4.70. The molecule has 2 fully saturated rings. The van der Waals surface area contributed by atoms with E-state index in [4.69, 9.17) is 9.66 Å². The molecule has 2 heterocycles. The molecule has 0 radical (unpaired) electrons. The van der Waals surface area contributed by atoms with E-state index in [1.54, 1.807) is 18.2 Å². The number of aliphatic carboxylic acids is 1. The second kappa shape index (κ2) is 6.07. The second-order valence-corrected chi connectivity index (χ2v) is 10.2. The number of carboxylic acid groups (broad SMARTS) is 1. The number of nitrogens with zero attached hydrogens (tertiary/aromatic N) is 1. The van der Waals surface area contributed by atoms with Gasteiger partial charge < -0.3 is 10.0 Å². The first-order valence-electron chi connectivity index (χ1n) is 7.11. The maximum Gasteiger partial charge on any atom is 0.328 e. The number of fused-ring (bicyclic) bond motifs is 1. The van der Waals surface area contributed by atoms with Crippen LogP contribution in [0.4, 0.5) is 0 Å². The van der Waals surface area contributed by atoms with Gasteiger partial charge in [-0.2, -0.15) is 8.42 Å². The minimum Gasteiger partial charge on any atom is -0.480 e. The van der Waals surface area contributed by atoms with Crippen molar-refractivity contribution >= 4 is 31.8 Å². The third-order valence-electron chi connectivity index (χ3n) is 4.25. The van der Waals surface area contributed by atoms with Crippen LogP contribution in [0.15, 0.2) is 35.2 Å². The van der Waals surface area contributed by atoms with Gasteiger partial charge in [-0.1, -0.05) is 18.2 Å². The topological polar surface area (TPSA) is 146 Å². The second-order valence-electron chi connectivity index (χ2n) is 6.14. The van der Waals surface area contributed by atoms with Crippen LogP contribution in [0.25, 0.3) is 0 Å². The summed E-state index contributed by atoms with van der Waals surface area (Å²) in [6, 6.07) is 6.17. The number of sulfone groups is 1. The first kappa shape index (κ1) is 19.3. The van der Waals surface area contributed by atoms with Gasteiger partial charge in [-0.25, -0.2) is 13.2 Å². The largest absolute Gasteiger partial charge is 0.480 e. The normalized spacial score (nSPS) is 26.0. The Labute approximate surface area is 144 Å². The summed E-state index contributed by atoms with van der Waals surface area (Å²) in [6.07, 6.45) is -0.0878. The van der Waals surface area contributed by atoms with Gasteiger partial charge >= 0.3 is 5.97 Å². The third-order valence-corrected chi connectivity index (χ3v) is 7.92. The minimum absolute atomic E-state index is 0.0741. The van der Waals surface area contributed by atoms with Crippen LogP contribution in [0, 0.1) is 0 Å². The van der Waals surface area contributed by atoms with Crippen molar-refractivity contribution in [1.82, 2.24) is 4.90 Å². The zero-order valence-electron chi connectivity index (χ0n) is 13.4. The Morgan fingerprint density at radius 3 is 2.08 bits per heavy atom. The number of carbonyl (C=O) groups is 2. The van der Waals surface area contributed by atoms with Crippen molar-refractivity contribution in [2.45, 2.75) is 41.3 Å². The molecule has 1 aromatic carbocycles. The van der Waals surface area contributed by atoms with Crippen LogP contribution in [0.3, 0.4) is 0 Å². The molecular formula is C14H17NO8S2. The van der Waals surface area contributed by atoms with Gasteiger partial charge in [-0.05, 0) is 26.0 Å². The van der Waals surface area contributed by atoms with E-state index in [2.05, 4.69) is 0 Å². The summed E-state index contributed by atoms with van der Waals surface area (Å²) in [4.78, 5) is 23.1. The maximum atomic E-state index is 11.9. The van der Waals surface area contributed by atoms with Gasteiger partial charge in [0.15, 0.2) is 9.84 Å². The van der Waals surface area contributed by atoms with Crippen molar-refractivity contribution in [1.29, 1.82) is 0 Å². The van der Waals surface area contributed by atoms with Gasteiger partial charge in [0, 0.05) is 0 Å². The molecule has 0 unspecified atom stereocenters. The zero-order chi connectivity index (χ0) is 19.2. The predicted octanol–water partition coefficient (Wildman–Crippen LogP) is 0.138. The van der Waals surface area contributed by atoms with Crippen LogP contribution < -0.4 is 0 Å². The molecule has 2 aliphatic heterocycles. The number of carboxylic acids is 1.